The molecule has 7 heteroatoms. The van der Waals surface area contributed by atoms with Gasteiger partial charge in [-0.15, -0.1) is 0 Å². The maximum absolute atomic E-state index is 12.5. The highest BCUT2D eigenvalue weighted by atomic mass is 28.2. The van der Waals surface area contributed by atoms with Crippen LogP contribution in [-0.4, -0.2) is 26.7 Å². The summed E-state index contributed by atoms with van der Waals surface area (Å²) < 4.78 is 41.9. The number of hydrogen-bond acceptors (Lipinski definition) is 3. The summed E-state index contributed by atoms with van der Waals surface area (Å²) in [7, 11) is 2.56. The minimum absolute atomic E-state index is 0.0695. The van der Waals surface area contributed by atoms with Gasteiger partial charge in [-0.25, -0.2) is 0 Å². The van der Waals surface area contributed by atoms with Crippen molar-refractivity contribution >= 4 is 10.5 Å². The number of hydrogen-bond donors (Lipinski definition) is 2. The molecular formula is C14H18F3O3Si. The van der Waals surface area contributed by atoms with E-state index in [9.17, 15) is 13.2 Å². The highest BCUT2D eigenvalue weighted by Crippen LogP contribution is 2.29. The van der Waals surface area contributed by atoms with E-state index in [2.05, 4.69) is 14.9 Å². The van der Waals surface area contributed by atoms with E-state index in [0.717, 1.165) is 25.3 Å². The summed E-state index contributed by atoms with van der Waals surface area (Å²) in [6.45, 7) is 0. The third-order valence-electron chi connectivity index (χ3n) is 3.14. The van der Waals surface area contributed by atoms with Crippen LogP contribution in [0.4, 0.5) is 13.2 Å². The summed E-state index contributed by atoms with van der Waals surface area (Å²) >= 11 is 0. The van der Waals surface area contributed by atoms with Gasteiger partial charge in [0.05, 0.1) is 5.56 Å². The third-order valence-corrected chi connectivity index (χ3v) is 3.46. The standard InChI is InChI=1S/C14H18F3O3Si/c15-14(16,17)12-8-5-7-11(10-12)6-3-1-2-4-9-13(18,19)20-21/h5,7-8,10,18-19H,1-4,6,9H2. The van der Waals surface area contributed by atoms with E-state index < -0.39 is 17.7 Å². The van der Waals surface area contributed by atoms with Crippen molar-refractivity contribution in [2.75, 3.05) is 0 Å². The summed E-state index contributed by atoms with van der Waals surface area (Å²) in [5.74, 6) is -2.17. The first kappa shape index (κ1) is 18.2. The molecule has 3 nitrogen and oxygen atoms in total. The van der Waals surface area contributed by atoms with Crippen LogP contribution in [-0.2, 0) is 17.0 Å². The predicted octanol–water partition coefficient (Wildman–Crippen LogP) is 2.94. The quantitative estimate of drug-likeness (QED) is 0.440. The smallest absolute Gasteiger partial charge is 0.371 e. The summed E-state index contributed by atoms with van der Waals surface area (Å²) in [4.78, 5) is 0. The van der Waals surface area contributed by atoms with Gasteiger partial charge in [-0.3, -0.25) is 0 Å². The lowest BCUT2D eigenvalue weighted by Crippen LogP contribution is -2.30. The SMILES string of the molecule is OC(O)(CCCCCCc1cccc(C(F)(F)F)c1)O[Si]. The van der Waals surface area contributed by atoms with Gasteiger partial charge in [0, 0.05) is 6.42 Å². The molecule has 0 atom stereocenters. The minimum Gasteiger partial charge on any atom is -0.371 e. The first-order chi connectivity index (χ1) is 9.74. The van der Waals surface area contributed by atoms with Crippen LogP contribution < -0.4 is 0 Å². The van der Waals surface area contributed by atoms with Crippen molar-refractivity contribution in [1.29, 1.82) is 0 Å². The Labute approximate surface area is 125 Å². The maximum Gasteiger partial charge on any atom is 0.416 e. The molecule has 0 bridgehead atoms. The zero-order valence-electron chi connectivity index (χ0n) is 11.5. The molecule has 0 aliphatic rings. The predicted molar refractivity (Wildman–Crippen MR) is 72.2 cm³/mol. The van der Waals surface area contributed by atoms with E-state index in [1.165, 1.54) is 12.1 Å². The molecule has 0 heterocycles. The number of unbranched alkanes of at least 4 members (excludes halogenated alkanes) is 3. The summed E-state index contributed by atoms with van der Waals surface area (Å²) in [6, 6.07) is 5.33. The Morgan fingerprint density at radius 2 is 1.71 bits per heavy atom. The first-order valence-corrected chi connectivity index (χ1v) is 7.11. The molecule has 0 spiro atoms. The van der Waals surface area contributed by atoms with E-state index in [4.69, 9.17) is 10.2 Å². The lowest BCUT2D eigenvalue weighted by Gasteiger charge is -2.19. The molecule has 1 aromatic rings. The molecule has 3 radical (unpaired) electrons. The fourth-order valence-electron chi connectivity index (χ4n) is 1.99. The van der Waals surface area contributed by atoms with E-state index in [1.54, 1.807) is 6.07 Å². The highest BCUT2D eigenvalue weighted by molar-refractivity contribution is 5.98. The Morgan fingerprint density at radius 1 is 1.05 bits per heavy atom. The largest absolute Gasteiger partial charge is 0.416 e. The maximum atomic E-state index is 12.5. The van der Waals surface area contributed by atoms with Crippen molar-refractivity contribution < 1.29 is 27.8 Å². The molecular weight excluding hydrogens is 301 g/mol. The molecule has 0 saturated heterocycles. The van der Waals surface area contributed by atoms with Gasteiger partial charge in [0.2, 0.25) is 0 Å². The molecule has 2 N–H and O–H groups in total. The molecule has 0 aromatic heterocycles. The molecule has 0 aliphatic heterocycles. The van der Waals surface area contributed by atoms with Gasteiger partial charge >= 0.3 is 6.18 Å². The van der Waals surface area contributed by atoms with Crippen LogP contribution in [0, 0.1) is 0 Å². The van der Waals surface area contributed by atoms with Crippen LogP contribution in [0.5, 0.6) is 0 Å². The molecule has 117 valence electrons. The summed E-state index contributed by atoms with van der Waals surface area (Å²) in [6.07, 6.45) is -0.815. The van der Waals surface area contributed by atoms with Crippen LogP contribution in [0.15, 0.2) is 24.3 Å². The number of benzene rings is 1. The molecule has 0 saturated carbocycles. The third kappa shape index (κ3) is 7.08. The lowest BCUT2D eigenvalue weighted by molar-refractivity contribution is -0.295. The molecule has 0 unspecified atom stereocenters. The fraction of sp³-hybridized carbons (Fsp3) is 0.571. The Balaban J connectivity index is 2.28. The molecule has 1 aromatic carbocycles. The van der Waals surface area contributed by atoms with Gasteiger partial charge in [0.15, 0.2) is 0 Å². The van der Waals surface area contributed by atoms with Crippen molar-refractivity contribution in [2.45, 2.75) is 50.7 Å². The van der Waals surface area contributed by atoms with Crippen molar-refractivity contribution in [3.8, 4) is 0 Å². The van der Waals surface area contributed by atoms with Gasteiger partial charge in [0.1, 0.15) is 0 Å². The van der Waals surface area contributed by atoms with Gasteiger partial charge in [-0.05, 0) is 30.9 Å². The van der Waals surface area contributed by atoms with Crippen molar-refractivity contribution in [2.24, 2.45) is 0 Å². The zero-order chi connectivity index (χ0) is 15.9. The second kappa shape index (κ2) is 7.93. The molecule has 21 heavy (non-hydrogen) atoms. The van der Waals surface area contributed by atoms with Gasteiger partial charge in [-0.1, -0.05) is 31.0 Å². The van der Waals surface area contributed by atoms with E-state index in [0.29, 0.717) is 18.4 Å². The Morgan fingerprint density at radius 3 is 2.33 bits per heavy atom. The average molecular weight is 319 g/mol. The number of alkyl halides is 3. The monoisotopic (exact) mass is 319 g/mol. The number of aryl methyl sites for hydroxylation is 1. The Hall–Kier alpha value is -0.893. The van der Waals surface area contributed by atoms with Crippen molar-refractivity contribution in [3.05, 3.63) is 35.4 Å². The second-order valence-electron chi connectivity index (χ2n) is 4.96. The van der Waals surface area contributed by atoms with Crippen LogP contribution in [0.3, 0.4) is 0 Å². The zero-order valence-corrected chi connectivity index (χ0v) is 12.5. The van der Waals surface area contributed by atoms with Crippen molar-refractivity contribution in [3.63, 3.8) is 0 Å². The summed E-state index contributed by atoms with van der Waals surface area (Å²) in [5.41, 5.74) is 0.0339. The summed E-state index contributed by atoms with van der Waals surface area (Å²) in [5, 5.41) is 18.3. The van der Waals surface area contributed by atoms with E-state index >= 15 is 0 Å². The van der Waals surface area contributed by atoms with Crippen LogP contribution >= 0.6 is 0 Å². The highest BCUT2D eigenvalue weighted by Gasteiger charge is 2.30. The van der Waals surface area contributed by atoms with Crippen LogP contribution in [0.25, 0.3) is 0 Å². The van der Waals surface area contributed by atoms with Gasteiger partial charge < -0.3 is 14.6 Å². The molecule has 0 amide bonds. The van der Waals surface area contributed by atoms with E-state index in [1.807, 2.05) is 0 Å². The second-order valence-corrected chi connectivity index (χ2v) is 5.16. The molecule has 1 rings (SSSR count). The topological polar surface area (TPSA) is 49.7 Å². The number of aliphatic hydroxyl groups is 2. The van der Waals surface area contributed by atoms with Crippen LogP contribution in [0.1, 0.15) is 43.2 Å². The van der Waals surface area contributed by atoms with Crippen LogP contribution in [0.2, 0.25) is 0 Å². The first-order valence-electron chi connectivity index (χ1n) is 6.70. The van der Waals surface area contributed by atoms with Gasteiger partial charge in [-0.2, -0.15) is 13.2 Å². The average Bonchev–Trinajstić information content (AvgIpc) is 2.42. The minimum atomic E-state index is -4.31. The van der Waals surface area contributed by atoms with E-state index in [-0.39, 0.29) is 6.42 Å². The molecule has 0 fully saturated rings. The van der Waals surface area contributed by atoms with Crippen molar-refractivity contribution in [1.82, 2.24) is 0 Å². The normalized spacial score (nSPS) is 12.7. The number of rotatable bonds is 8. The lowest BCUT2D eigenvalue weighted by atomic mass is 10.0. The Bertz CT molecular complexity index is 436. The molecule has 0 aliphatic carbocycles. The number of halogens is 3. The van der Waals surface area contributed by atoms with Gasteiger partial charge in [0.25, 0.3) is 16.5 Å². The fourth-order valence-corrected chi connectivity index (χ4v) is 2.09. The Kier molecular flexibility index (Phi) is 6.86.